The van der Waals surface area contributed by atoms with Gasteiger partial charge in [-0.15, -0.1) is 0 Å². The van der Waals surface area contributed by atoms with E-state index in [0.29, 0.717) is 0 Å². The van der Waals surface area contributed by atoms with E-state index in [0.717, 1.165) is 17.4 Å². The molecule has 2 heteroatoms. The molecule has 104 valence electrons. The van der Waals surface area contributed by atoms with Gasteiger partial charge in [0.05, 0.1) is 6.26 Å². The van der Waals surface area contributed by atoms with Crippen LogP contribution in [-0.2, 0) is 5.75 Å². The van der Waals surface area contributed by atoms with Crippen LogP contribution in [0.5, 0.6) is 5.75 Å². The molecule has 19 heavy (non-hydrogen) atoms. The van der Waals surface area contributed by atoms with E-state index in [1.165, 1.54) is 36.8 Å². The normalized spacial score (nSPS) is 20.9. The zero-order valence-corrected chi connectivity index (χ0v) is 12.8. The van der Waals surface area contributed by atoms with Crippen molar-refractivity contribution < 1.29 is 4.74 Å². The van der Waals surface area contributed by atoms with Crippen LogP contribution >= 0.6 is 10.5 Å². The van der Waals surface area contributed by atoms with Crippen LogP contribution in [0, 0.1) is 5.92 Å². The minimum atomic E-state index is 0.213. The van der Waals surface area contributed by atoms with Gasteiger partial charge in [0.1, 0.15) is 5.75 Å². The minimum absolute atomic E-state index is 0.213. The molecule has 1 aliphatic rings. The average molecular weight is 276 g/mol. The summed E-state index contributed by atoms with van der Waals surface area (Å²) in [6.45, 7) is 2.33. The molecule has 0 radical (unpaired) electrons. The van der Waals surface area contributed by atoms with Crippen LogP contribution in [0.3, 0.4) is 0 Å². The Morgan fingerprint density at radius 3 is 2.47 bits per heavy atom. The Kier molecular flexibility index (Phi) is 5.26. The van der Waals surface area contributed by atoms with E-state index in [1.54, 1.807) is 0 Å². The van der Waals surface area contributed by atoms with Gasteiger partial charge in [0.15, 0.2) is 0 Å². The molecule has 1 saturated carbocycles. The van der Waals surface area contributed by atoms with Crippen LogP contribution in [0.25, 0.3) is 0 Å². The number of benzene rings is 1. The van der Waals surface area contributed by atoms with Gasteiger partial charge in [-0.1, -0.05) is 24.9 Å². The Hall–Kier alpha value is -1.02. The van der Waals surface area contributed by atoms with Gasteiger partial charge in [0.25, 0.3) is 0 Å². The summed E-state index contributed by atoms with van der Waals surface area (Å²) in [5.74, 6) is 6.92. The van der Waals surface area contributed by atoms with Crippen LogP contribution in [-0.4, -0.2) is 12.1 Å². The van der Waals surface area contributed by atoms with E-state index in [4.69, 9.17) is 4.74 Å². The molecule has 0 amide bonds. The van der Waals surface area contributed by atoms with E-state index in [-0.39, 0.29) is 10.5 Å². The number of hydrogen-bond acceptors (Lipinski definition) is 1. The van der Waals surface area contributed by atoms with E-state index in [1.807, 2.05) is 6.26 Å². The Bertz CT molecular complexity index is 449. The van der Waals surface area contributed by atoms with Crippen LogP contribution in [0.4, 0.5) is 0 Å². The molecule has 0 heterocycles. The number of hydrogen-bond donors (Lipinski definition) is 0. The first-order valence-electron chi connectivity index (χ1n) is 6.99. The summed E-state index contributed by atoms with van der Waals surface area (Å²) in [7, 11) is 0.213. The van der Waals surface area contributed by atoms with Crippen molar-refractivity contribution in [2.75, 3.05) is 6.26 Å². The van der Waals surface area contributed by atoms with Crippen molar-refractivity contribution in [2.24, 2.45) is 5.92 Å². The first-order valence-corrected chi connectivity index (χ1v) is 8.96. The van der Waals surface area contributed by atoms with Gasteiger partial charge in [-0.25, -0.2) is 0 Å². The summed E-state index contributed by atoms with van der Waals surface area (Å²) in [6, 6.07) is 8.41. The third-order valence-electron chi connectivity index (χ3n) is 3.61. The second kappa shape index (κ2) is 6.95. The monoisotopic (exact) mass is 276 g/mol. The summed E-state index contributed by atoms with van der Waals surface area (Å²) in [5, 5.41) is 0. The predicted octanol–water partition coefficient (Wildman–Crippen LogP) is 4.99. The standard InChI is InChI=1S/C17H24OS/c1-14-4-6-15(7-5-14)12-18-17-10-8-16(9-11-17)13-19(2)3/h8-12,14H,2,4-7,13H2,1,3H3. The SMILES string of the molecule is C=S(C)Cc1ccc(OC=C2CCC(C)CC2)cc1. The second-order valence-corrected chi connectivity index (χ2v) is 7.50. The average Bonchev–Trinajstić information content (AvgIpc) is 2.39. The molecule has 0 bridgehead atoms. The van der Waals surface area contributed by atoms with Crippen LogP contribution < -0.4 is 4.74 Å². The van der Waals surface area contributed by atoms with Crippen molar-refractivity contribution in [3.63, 3.8) is 0 Å². The topological polar surface area (TPSA) is 9.23 Å². The molecule has 1 aliphatic carbocycles. The highest BCUT2D eigenvalue weighted by Crippen LogP contribution is 2.28. The molecule has 0 spiro atoms. The van der Waals surface area contributed by atoms with E-state index >= 15 is 0 Å². The second-order valence-electron chi connectivity index (χ2n) is 5.65. The largest absolute Gasteiger partial charge is 0.465 e. The maximum atomic E-state index is 5.77. The fourth-order valence-corrected chi connectivity index (χ4v) is 3.11. The van der Waals surface area contributed by atoms with Gasteiger partial charge in [-0.05, 0) is 61.1 Å². The summed E-state index contributed by atoms with van der Waals surface area (Å²) >= 11 is 0. The number of ether oxygens (including phenoxy) is 1. The molecule has 2 rings (SSSR count). The first kappa shape index (κ1) is 14.4. The maximum absolute atomic E-state index is 5.77. The van der Waals surface area contributed by atoms with Crippen molar-refractivity contribution >= 4 is 16.4 Å². The molecule has 0 aromatic heterocycles. The molecule has 1 fully saturated rings. The molecule has 0 N–H and O–H groups in total. The zero-order chi connectivity index (χ0) is 13.7. The van der Waals surface area contributed by atoms with Crippen molar-refractivity contribution in [1.82, 2.24) is 0 Å². The van der Waals surface area contributed by atoms with E-state index in [9.17, 15) is 0 Å². The maximum Gasteiger partial charge on any atom is 0.126 e. The van der Waals surface area contributed by atoms with Crippen LogP contribution in [0.2, 0.25) is 0 Å². The first-order chi connectivity index (χ1) is 9.13. The number of rotatable bonds is 4. The molecule has 1 unspecified atom stereocenters. The predicted molar refractivity (Wildman–Crippen MR) is 87.1 cm³/mol. The summed E-state index contributed by atoms with van der Waals surface area (Å²) in [5.41, 5.74) is 2.79. The third-order valence-corrected chi connectivity index (χ3v) is 4.44. The lowest BCUT2D eigenvalue weighted by molar-refractivity contribution is 0.416. The Balaban J connectivity index is 1.89. The molecule has 1 aromatic rings. The van der Waals surface area contributed by atoms with Gasteiger partial charge in [-0.2, -0.15) is 10.5 Å². The number of allylic oxidation sites excluding steroid dienone is 1. The lowest BCUT2D eigenvalue weighted by Crippen LogP contribution is -2.04. The van der Waals surface area contributed by atoms with Crippen LogP contribution in [0.15, 0.2) is 36.1 Å². The molecular formula is C17H24OS. The molecule has 0 aliphatic heterocycles. The van der Waals surface area contributed by atoms with Gasteiger partial charge >= 0.3 is 0 Å². The Morgan fingerprint density at radius 1 is 1.26 bits per heavy atom. The van der Waals surface area contributed by atoms with E-state index in [2.05, 4.69) is 43.3 Å². The quantitative estimate of drug-likeness (QED) is 0.556. The minimum Gasteiger partial charge on any atom is -0.465 e. The highest BCUT2D eigenvalue weighted by Gasteiger charge is 2.12. The molecule has 1 atom stereocenters. The lowest BCUT2D eigenvalue weighted by Gasteiger charge is -2.19. The van der Waals surface area contributed by atoms with Crippen LogP contribution in [0.1, 0.15) is 38.2 Å². The van der Waals surface area contributed by atoms with E-state index < -0.39 is 0 Å². The Morgan fingerprint density at radius 2 is 1.89 bits per heavy atom. The van der Waals surface area contributed by atoms with Gasteiger partial charge in [0.2, 0.25) is 0 Å². The lowest BCUT2D eigenvalue weighted by atomic mass is 9.88. The fraction of sp³-hybridized carbons (Fsp3) is 0.471. The summed E-state index contributed by atoms with van der Waals surface area (Å²) < 4.78 is 5.77. The summed E-state index contributed by atoms with van der Waals surface area (Å²) in [4.78, 5) is 0. The van der Waals surface area contributed by atoms with Crippen molar-refractivity contribution in [3.8, 4) is 5.75 Å². The molecule has 1 aromatic carbocycles. The van der Waals surface area contributed by atoms with Crippen molar-refractivity contribution in [3.05, 3.63) is 41.7 Å². The van der Waals surface area contributed by atoms with Crippen molar-refractivity contribution in [1.29, 1.82) is 0 Å². The summed E-state index contributed by atoms with van der Waals surface area (Å²) in [6.07, 6.45) is 9.12. The fourth-order valence-electron chi connectivity index (χ4n) is 2.35. The highest BCUT2D eigenvalue weighted by atomic mass is 32.2. The highest BCUT2D eigenvalue weighted by molar-refractivity contribution is 8.12. The molecule has 0 saturated heterocycles. The van der Waals surface area contributed by atoms with Gasteiger partial charge < -0.3 is 4.74 Å². The Labute approximate surface area is 119 Å². The zero-order valence-electron chi connectivity index (χ0n) is 12.0. The van der Waals surface area contributed by atoms with Gasteiger partial charge in [0, 0.05) is 5.75 Å². The molecular weight excluding hydrogens is 252 g/mol. The van der Waals surface area contributed by atoms with Gasteiger partial charge in [-0.3, -0.25) is 0 Å². The third kappa shape index (κ3) is 4.87. The van der Waals surface area contributed by atoms with Crippen molar-refractivity contribution in [2.45, 2.75) is 38.4 Å². The smallest absolute Gasteiger partial charge is 0.126 e. The molecule has 1 nitrogen and oxygen atoms in total.